The van der Waals surface area contributed by atoms with Gasteiger partial charge in [0.15, 0.2) is 0 Å². The molecule has 0 fully saturated rings. The van der Waals surface area contributed by atoms with Crippen molar-refractivity contribution in [3.8, 4) is 33.4 Å². The molecule has 9 aromatic rings. The molecule has 3 aliphatic rings. The summed E-state index contributed by atoms with van der Waals surface area (Å²) in [6, 6.07) is 72.9. The highest BCUT2D eigenvalue weighted by atomic mass is 15.2. The average molecular weight is 811 g/mol. The van der Waals surface area contributed by atoms with E-state index in [-0.39, 0.29) is 16.2 Å². The lowest BCUT2D eigenvalue weighted by Gasteiger charge is -2.43. The van der Waals surface area contributed by atoms with Crippen LogP contribution in [0.1, 0.15) is 74.9 Å². The summed E-state index contributed by atoms with van der Waals surface area (Å²) in [5.41, 5.74) is 22.4. The van der Waals surface area contributed by atoms with Crippen molar-refractivity contribution in [3.63, 3.8) is 0 Å². The standard InChI is InChI=1S/C61H50N2/c1-59(2)50-24-14-12-22-46(50)48-33-29-41(36-53(48)59)62(42-30-34-49-47-23-13-15-25-51(47)60(3,4)54(49)37-42)43-31-35-57-55(38-43)61(5,6)52-26-16-17-27-56(52)63(57)58-44-21-11-10-20-40(44)28-32-45(58)39-18-8-7-9-19-39/h7-38H,1-6H3. The molecular weight excluding hydrogens is 761 g/mol. The van der Waals surface area contributed by atoms with Crippen molar-refractivity contribution in [1.29, 1.82) is 0 Å². The van der Waals surface area contributed by atoms with Crippen LogP contribution in [-0.4, -0.2) is 0 Å². The molecule has 0 amide bonds. The fraction of sp³-hybridized carbons (Fsp3) is 0.148. The molecule has 12 rings (SSSR count). The molecule has 0 saturated heterocycles. The van der Waals surface area contributed by atoms with Crippen LogP contribution < -0.4 is 9.80 Å². The van der Waals surface area contributed by atoms with Crippen LogP contribution in [0.5, 0.6) is 0 Å². The van der Waals surface area contributed by atoms with E-state index in [4.69, 9.17) is 0 Å². The molecular formula is C61H50N2. The third kappa shape index (κ3) is 5.37. The summed E-state index contributed by atoms with van der Waals surface area (Å²) in [4.78, 5) is 5.08. The second-order valence-corrected chi connectivity index (χ2v) is 19.4. The Hall–Kier alpha value is -7.16. The van der Waals surface area contributed by atoms with E-state index in [1.165, 1.54) is 94.6 Å². The van der Waals surface area contributed by atoms with Gasteiger partial charge in [-0.05, 0) is 115 Å². The Bertz CT molecular complexity index is 3220. The van der Waals surface area contributed by atoms with Crippen LogP contribution in [0.4, 0.5) is 34.1 Å². The van der Waals surface area contributed by atoms with Crippen LogP contribution in [-0.2, 0) is 16.2 Å². The number of rotatable bonds is 5. The summed E-state index contributed by atoms with van der Waals surface area (Å²) >= 11 is 0. The van der Waals surface area contributed by atoms with E-state index in [0.717, 1.165) is 17.1 Å². The van der Waals surface area contributed by atoms with Gasteiger partial charge in [0.25, 0.3) is 0 Å². The lowest BCUT2D eigenvalue weighted by atomic mass is 9.73. The predicted molar refractivity (Wildman–Crippen MR) is 266 cm³/mol. The van der Waals surface area contributed by atoms with Gasteiger partial charge in [-0.15, -0.1) is 0 Å². The number of benzene rings is 9. The van der Waals surface area contributed by atoms with Crippen molar-refractivity contribution in [2.75, 3.05) is 9.80 Å². The van der Waals surface area contributed by atoms with Crippen LogP contribution in [0.3, 0.4) is 0 Å². The number of para-hydroxylation sites is 1. The van der Waals surface area contributed by atoms with Gasteiger partial charge in [0.1, 0.15) is 0 Å². The third-order valence-corrected chi connectivity index (χ3v) is 14.8. The molecule has 0 spiro atoms. The van der Waals surface area contributed by atoms with Crippen molar-refractivity contribution in [3.05, 3.63) is 228 Å². The molecule has 1 heterocycles. The summed E-state index contributed by atoms with van der Waals surface area (Å²) in [5.74, 6) is 0. The first-order chi connectivity index (χ1) is 30.5. The van der Waals surface area contributed by atoms with Crippen LogP contribution in [0.25, 0.3) is 44.2 Å². The maximum atomic E-state index is 2.55. The minimum Gasteiger partial charge on any atom is -0.310 e. The smallest absolute Gasteiger partial charge is 0.0618 e. The zero-order valence-electron chi connectivity index (χ0n) is 36.9. The SMILES string of the molecule is CC1(C)c2ccccc2-c2ccc(N(c3ccc4c(c3)C(C)(C)c3ccccc3-4)c3ccc4c(c3)C(C)(C)c3ccccc3N4c3c(-c4ccccc4)ccc4ccccc34)cc21. The molecule has 0 unspecified atom stereocenters. The normalized spacial score (nSPS) is 15.5. The molecule has 2 nitrogen and oxygen atoms in total. The molecule has 63 heavy (non-hydrogen) atoms. The molecule has 2 heteroatoms. The Kier molecular flexibility index (Phi) is 8.01. The molecule has 0 radical (unpaired) electrons. The van der Waals surface area contributed by atoms with Gasteiger partial charge in [0.05, 0.1) is 17.1 Å². The number of hydrogen-bond donors (Lipinski definition) is 0. The molecule has 304 valence electrons. The van der Waals surface area contributed by atoms with E-state index < -0.39 is 0 Å². The molecule has 0 bridgehead atoms. The molecule has 0 atom stereocenters. The van der Waals surface area contributed by atoms with Gasteiger partial charge in [-0.25, -0.2) is 0 Å². The lowest BCUT2D eigenvalue weighted by Crippen LogP contribution is -2.31. The fourth-order valence-electron chi connectivity index (χ4n) is 11.5. The van der Waals surface area contributed by atoms with Crippen LogP contribution in [0.2, 0.25) is 0 Å². The van der Waals surface area contributed by atoms with Gasteiger partial charge in [-0.3, -0.25) is 0 Å². The lowest BCUT2D eigenvalue weighted by molar-refractivity contribution is 0.632. The van der Waals surface area contributed by atoms with E-state index >= 15 is 0 Å². The second-order valence-electron chi connectivity index (χ2n) is 19.4. The summed E-state index contributed by atoms with van der Waals surface area (Å²) in [6.07, 6.45) is 0. The molecule has 1 aliphatic heterocycles. The highest BCUT2D eigenvalue weighted by Crippen LogP contribution is 2.58. The van der Waals surface area contributed by atoms with Crippen molar-refractivity contribution in [1.82, 2.24) is 0 Å². The highest BCUT2D eigenvalue weighted by molar-refractivity contribution is 6.07. The first-order valence-electron chi connectivity index (χ1n) is 22.4. The summed E-state index contributed by atoms with van der Waals surface area (Å²) < 4.78 is 0. The Balaban J connectivity index is 1.10. The first kappa shape index (κ1) is 37.6. The van der Waals surface area contributed by atoms with Crippen molar-refractivity contribution in [2.45, 2.75) is 57.8 Å². The quantitative estimate of drug-likeness (QED) is 0.171. The monoisotopic (exact) mass is 810 g/mol. The van der Waals surface area contributed by atoms with E-state index in [1.54, 1.807) is 0 Å². The second kappa shape index (κ2) is 13.4. The van der Waals surface area contributed by atoms with E-state index in [2.05, 4.69) is 245 Å². The van der Waals surface area contributed by atoms with E-state index in [9.17, 15) is 0 Å². The first-order valence-corrected chi connectivity index (χ1v) is 22.4. The Labute approximate surface area is 371 Å². The largest absolute Gasteiger partial charge is 0.310 e. The Morgan fingerprint density at radius 1 is 0.333 bits per heavy atom. The molecule has 0 N–H and O–H groups in total. The predicted octanol–water partition coefficient (Wildman–Crippen LogP) is 16.7. The Morgan fingerprint density at radius 3 is 1.41 bits per heavy atom. The van der Waals surface area contributed by atoms with Crippen LogP contribution >= 0.6 is 0 Å². The van der Waals surface area contributed by atoms with Gasteiger partial charge in [0.2, 0.25) is 0 Å². The zero-order valence-corrected chi connectivity index (χ0v) is 36.9. The minimum absolute atomic E-state index is 0.133. The average Bonchev–Trinajstić information content (AvgIpc) is 3.68. The van der Waals surface area contributed by atoms with Crippen molar-refractivity contribution >= 4 is 44.9 Å². The number of anilines is 6. The van der Waals surface area contributed by atoms with Crippen LogP contribution in [0, 0.1) is 0 Å². The number of hydrogen-bond acceptors (Lipinski definition) is 2. The molecule has 2 aliphatic carbocycles. The minimum atomic E-state index is -0.301. The highest BCUT2D eigenvalue weighted by Gasteiger charge is 2.41. The van der Waals surface area contributed by atoms with Gasteiger partial charge in [-0.1, -0.05) is 187 Å². The topological polar surface area (TPSA) is 6.48 Å². The van der Waals surface area contributed by atoms with E-state index in [1.807, 2.05) is 0 Å². The summed E-state index contributed by atoms with van der Waals surface area (Å²) in [5, 5.41) is 2.45. The number of nitrogens with zero attached hydrogens (tertiary/aromatic N) is 2. The van der Waals surface area contributed by atoms with Crippen molar-refractivity contribution < 1.29 is 0 Å². The molecule has 9 aromatic carbocycles. The van der Waals surface area contributed by atoms with Crippen molar-refractivity contribution in [2.24, 2.45) is 0 Å². The number of fused-ring (bicyclic) bond motifs is 9. The van der Waals surface area contributed by atoms with E-state index in [0.29, 0.717) is 0 Å². The maximum absolute atomic E-state index is 2.55. The zero-order chi connectivity index (χ0) is 42.8. The summed E-state index contributed by atoms with van der Waals surface area (Å²) in [6.45, 7) is 14.3. The summed E-state index contributed by atoms with van der Waals surface area (Å²) in [7, 11) is 0. The van der Waals surface area contributed by atoms with Gasteiger partial charge < -0.3 is 9.80 Å². The Morgan fingerprint density at radius 2 is 0.778 bits per heavy atom. The third-order valence-electron chi connectivity index (χ3n) is 14.8. The molecule has 0 saturated carbocycles. The van der Waals surface area contributed by atoms with Gasteiger partial charge in [-0.2, -0.15) is 0 Å². The van der Waals surface area contributed by atoms with Gasteiger partial charge >= 0.3 is 0 Å². The maximum Gasteiger partial charge on any atom is 0.0618 e. The van der Waals surface area contributed by atoms with Crippen LogP contribution in [0.15, 0.2) is 194 Å². The van der Waals surface area contributed by atoms with Gasteiger partial charge in [0, 0.05) is 44.3 Å². The molecule has 0 aromatic heterocycles. The fourth-order valence-corrected chi connectivity index (χ4v) is 11.5.